The Morgan fingerprint density at radius 2 is 1.75 bits per heavy atom. The maximum Gasteiger partial charge on any atom is 0.149 e. The highest BCUT2D eigenvalue weighted by Gasteiger charge is 2.17. The zero-order valence-electron chi connectivity index (χ0n) is 11.5. The van der Waals surface area contributed by atoms with E-state index in [0.717, 1.165) is 22.3 Å². The minimum Gasteiger partial charge on any atom is -0.307 e. The summed E-state index contributed by atoms with van der Waals surface area (Å²) >= 11 is 0. The van der Waals surface area contributed by atoms with Crippen LogP contribution in [0.2, 0.25) is 0 Å². The van der Waals surface area contributed by atoms with E-state index in [4.69, 9.17) is 0 Å². The highest BCUT2D eigenvalue weighted by molar-refractivity contribution is 5.85. The molecule has 0 spiro atoms. The topological polar surface area (TPSA) is 50.7 Å². The number of fused-ring (bicyclic) bond motifs is 1. The normalized spacial score (nSPS) is 12.5. The van der Waals surface area contributed by atoms with Crippen molar-refractivity contribution in [2.75, 3.05) is 7.05 Å². The Morgan fingerprint density at radius 3 is 2.50 bits per heavy atom. The second kappa shape index (κ2) is 5.35. The third-order valence-corrected chi connectivity index (χ3v) is 3.36. The number of nitrogens with zero attached hydrogens (tertiary/aromatic N) is 3. The fourth-order valence-corrected chi connectivity index (χ4v) is 2.35. The van der Waals surface area contributed by atoms with Crippen molar-refractivity contribution in [3.63, 3.8) is 0 Å². The van der Waals surface area contributed by atoms with Crippen molar-refractivity contribution in [1.82, 2.24) is 20.3 Å². The van der Waals surface area contributed by atoms with E-state index >= 15 is 0 Å². The molecule has 0 saturated heterocycles. The molecule has 0 radical (unpaired) electrons. The molecule has 4 heteroatoms. The number of aryl methyl sites for hydroxylation is 1. The molecule has 1 N–H and O–H groups in total. The molecule has 20 heavy (non-hydrogen) atoms. The van der Waals surface area contributed by atoms with Gasteiger partial charge < -0.3 is 5.32 Å². The summed E-state index contributed by atoms with van der Waals surface area (Å²) in [6.07, 6.45) is 7.44. The van der Waals surface area contributed by atoms with E-state index in [0.29, 0.717) is 0 Å². The Labute approximate surface area is 117 Å². The summed E-state index contributed by atoms with van der Waals surface area (Å²) in [6.45, 7) is 1.98. The second-order valence-corrected chi connectivity index (χ2v) is 4.79. The largest absolute Gasteiger partial charge is 0.307 e. The zero-order chi connectivity index (χ0) is 13.9. The van der Waals surface area contributed by atoms with Gasteiger partial charge in [0.25, 0.3) is 0 Å². The first-order chi connectivity index (χ1) is 9.79. The summed E-state index contributed by atoms with van der Waals surface area (Å²) in [5.74, 6) is 0.760. The average Bonchev–Trinajstić information content (AvgIpc) is 2.50. The highest BCUT2D eigenvalue weighted by atomic mass is 15.0. The quantitative estimate of drug-likeness (QED) is 0.790. The van der Waals surface area contributed by atoms with Gasteiger partial charge in [-0.3, -0.25) is 4.98 Å². The van der Waals surface area contributed by atoms with Gasteiger partial charge in [0.15, 0.2) is 0 Å². The van der Waals surface area contributed by atoms with Crippen LogP contribution < -0.4 is 5.32 Å². The van der Waals surface area contributed by atoms with E-state index in [2.05, 4.69) is 32.4 Å². The standard InChI is InChI=1S/C16H16N4/c1-11-7-19-16(20-8-11)15(17-2)14-10-18-9-12-5-3-4-6-13(12)14/h3-10,15,17H,1-2H3. The molecular weight excluding hydrogens is 248 g/mol. The molecule has 4 nitrogen and oxygen atoms in total. The molecule has 1 aromatic carbocycles. The molecule has 1 unspecified atom stereocenters. The average molecular weight is 264 g/mol. The SMILES string of the molecule is CNC(c1ncc(C)cn1)c1cncc2ccccc12. The number of aromatic nitrogens is 3. The van der Waals surface area contributed by atoms with Crippen molar-refractivity contribution >= 4 is 10.8 Å². The monoisotopic (exact) mass is 264 g/mol. The van der Waals surface area contributed by atoms with Crippen LogP contribution in [0.4, 0.5) is 0 Å². The molecule has 0 bridgehead atoms. The van der Waals surface area contributed by atoms with Crippen molar-refractivity contribution < 1.29 is 0 Å². The van der Waals surface area contributed by atoms with E-state index in [9.17, 15) is 0 Å². The van der Waals surface area contributed by atoms with Crippen LogP contribution in [-0.4, -0.2) is 22.0 Å². The van der Waals surface area contributed by atoms with Gasteiger partial charge in [0.1, 0.15) is 5.82 Å². The van der Waals surface area contributed by atoms with E-state index < -0.39 is 0 Å². The first-order valence-electron chi connectivity index (χ1n) is 6.58. The Morgan fingerprint density at radius 1 is 1.00 bits per heavy atom. The zero-order valence-corrected chi connectivity index (χ0v) is 11.5. The molecule has 0 amide bonds. The van der Waals surface area contributed by atoms with E-state index in [-0.39, 0.29) is 6.04 Å². The van der Waals surface area contributed by atoms with E-state index in [1.165, 1.54) is 5.39 Å². The van der Waals surface area contributed by atoms with Gasteiger partial charge in [-0.1, -0.05) is 24.3 Å². The van der Waals surface area contributed by atoms with Crippen LogP contribution in [0.15, 0.2) is 49.1 Å². The van der Waals surface area contributed by atoms with Gasteiger partial charge in [-0.15, -0.1) is 0 Å². The number of hydrogen-bond donors (Lipinski definition) is 1. The van der Waals surface area contributed by atoms with Crippen LogP contribution in [0.1, 0.15) is 23.0 Å². The molecule has 0 fully saturated rings. The van der Waals surface area contributed by atoms with Gasteiger partial charge in [-0.2, -0.15) is 0 Å². The highest BCUT2D eigenvalue weighted by Crippen LogP contribution is 2.25. The van der Waals surface area contributed by atoms with Crippen LogP contribution >= 0.6 is 0 Å². The number of rotatable bonds is 3. The number of nitrogens with one attached hydrogen (secondary N) is 1. The lowest BCUT2D eigenvalue weighted by atomic mass is 10.0. The Hall–Kier alpha value is -2.33. The molecule has 3 aromatic rings. The summed E-state index contributed by atoms with van der Waals surface area (Å²) in [4.78, 5) is 13.2. The summed E-state index contributed by atoms with van der Waals surface area (Å²) in [5, 5.41) is 5.58. The first kappa shape index (κ1) is 12.7. The van der Waals surface area contributed by atoms with Crippen LogP contribution in [-0.2, 0) is 0 Å². The van der Waals surface area contributed by atoms with Gasteiger partial charge in [0.2, 0.25) is 0 Å². The molecule has 0 aliphatic carbocycles. The molecule has 0 aliphatic heterocycles. The van der Waals surface area contributed by atoms with Crippen molar-refractivity contribution in [1.29, 1.82) is 0 Å². The van der Waals surface area contributed by atoms with Crippen molar-refractivity contribution in [3.8, 4) is 0 Å². The van der Waals surface area contributed by atoms with Crippen LogP contribution in [0, 0.1) is 6.92 Å². The van der Waals surface area contributed by atoms with Gasteiger partial charge in [-0.05, 0) is 24.9 Å². The number of pyridine rings is 1. The van der Waals surface area contributed by atoms with Gasteiger partial charge in [0, 0.05) is 35.7 Å². The molecular formula is C16H16N4. The van der Waals surface area contributed by atoms with Crippen molar-refractivity contribution in [3.05, 3.63) is 66.0 Å². The molecule has 0 aliphatic rings. The lowest BCUT2D eigenvalue weighted by Crippen LogP contribution is -2.20. The maximum atomic E-state index is 4.43. The van der Waals surface area contributed by atoms with Crippen molar-refractivity contribution in [2.45, 2.75) is 13.0 Å². The lowest BCUT2D eigenvalue weighted by molar-refractivity contribution is 0.647. The summed E-state index contributed by atoms with van der Waals surface area (Å²) in [6, 6.07) is 8.16. The first-order valence-corrected chi connectivity index (χ1v) is 6.58. The van der Waals surface area contributed by atoms with Gasteiger partial charge >= 0.3 is 0 Å². The van der Waals surface area contributed by atoms with Crippen LogP contribution in [0.25, 0.3) is 10.8 Å². The molecule has 3 rings (SSSR count). The van der Waals surface area contributed by atoms with Gasteiger partial charge in [-0.25, -0.2) is 9.97 Å². The Bertz CT molecular complexity index is 717. The summed E-state index contributed by atoms with van der Waals surface area (Å²) in [7, 11) is 1.91. The molecule has 100 valence electrons. The van der Waals surface area contributed by atoms with Crippen LogP contribution in [0.3, 0.4) is 0 Å². The molecule has 2 heterocycles. The van der Waals surface area contributed by atoms with Gasteiger partial charge in [0.05, 0.1) is 6.04 Å². The summed E-state index contributed by atoms with van der Waals surface area (Å²) < 4.78 is 0. The second-order valence-electron chi connectivity index (χ2n) is 4.79. The third kappa shape index (κ3) is 2.26. The Balaban J connectivity index is 2.14. The van der Waals surface area contributed by atoms with Crippen LogP contribution in [0.5, 0.6) is 0 Å². The smallest absolute Gasteiger partial charge is 0.149 e. The lowest BCUT2D eigenvalue weighted by Gasteiger charge is -2.17. The van der Waals surface area contributed by atoms with E-state index in [1.54, 1.807) is 0 Å². The molecule has 0 saturated carbocycles. The fraction of sp³-hybridized carbons (Fsp3) is 0.188. The number of hydrogen-bond acceptors (Lipinski definition) is 4. The summed E-state index contributed by atoms with van der Waals surface area (Å²) in [5.41, 5.74) is 2.15. The third-order valence-electron chi connectivity index (χ3n) is 3.36. The predicted molar refractivity (Wildman–Crippen MR) is 79.4 cm³/mol. The minimum absolute atomic E-state index is 0.0609. The maximum absolute atomic E-state index is 4.43. The minimum atomic E-state index is -0.0609. The van der Waals surface area contributed by atoms with E-state index in [1.807, 2.05) is 50.9 Å². The predicted octanol–water partition coefficient (Wildman–Crippen LogP) is 2.64. The number of benzene rings is 1. The fourth-order valence-electron chi connectivity index (χ4n) is 2.35. The Kier molecular flexibility index (Phi) is 3.39. The van der Waals surface area contributed by atoms with Crippen molar-refractivity contribution in [2.24, 2.45) is 0 Å². The molecule has 1 atom stereocenters. The molecule has 2 aromatic heterocycles.